The SMILES string of the molecule is CC(C)(C)NCCCNCc1cc(Cl)ccc1F. The van der Waals surface area contributed by atoms with E-state index in [9.17, 15) is 4.39 Å². The van der Waals surface area contributed by atoms with E-state index >= 15 is 0 Å². The quantitative estimate of drug-likeness (QED) is 0.776. The number of hydrogen-bond donors (Lipinski definition) is 2. The number of nitrogens with one attached hydrogen (secondary N) is 2. The highest BCUT2D eigenvalue weighted by molar-refractivity contribution is 6.30. The smallest absolute Gasteiger partial charge is 0.127 e. The summed E-state index contributed by atoms with van der Waals surface area (Å²) in [6.45, 7) is 8.75. The molecule has 1 rings (SSSR count). The van der Waals surface area contributed by atoms with Crippen molar-refractivity contribution in [2.24, 2.45) is 0 Å². The Morgan fingerprint density at radius 2 is 1.94 bits per heavy atom. The lowest BCUT2D eigenvalue weighted by molar-refractivity contribution is 0.418. The number of halogens is 2. The van der Waals surface area contributed by atoms with Crippen molar-refractivity contribution >= 4 is 11.6 Å². The zero-order chi connectivity index (χ0) is 13.6. The Labute approximate surface area is 114 Å². The van der Waals surface area contributed by atoms with Gasteiger partial charge in [-0.3, -0.25) is 0 Å². The van der Waals surface area contributed by atoms with Gasteiger partial charge < -0.3 is 10.6 Å². The van der Waals surface area contributed by atoms with Crippen molar-refractivity contribution in [2.45, 2.75) is 39.3 Å². The van der Waals surface area contributed by atoms with E-state index in [0.717, 1.165) is 19.5 Å². The predicted molar refractivity (Wildman–Crippen MR) is 75.5 cm³/mol. The van der Waals surface area contributed by atoms with Crippen LogP contribution in [0.1, 0.15) is 32.8 Å². The normalized spacial score (nSPS) is 11.8. The second-order valence-corrected chi connectivity index (χ2v) is 5.88. The van der Waals surface area contributed by atoms with Crippen molar-refractivity contribution in [1.82, 2.24) is 10.6 Å². The van der Waals surface area contributed by atoms with E-state index in [0.29, 0.717) is 17.1 Å². The molecule has 0 amide bonds. The van der Waals surface area contributed by atoms with Gasteiger partial charge in [0.2, 0.25) is 0 Å². The van der Waals surface area contributed by atoms with Gasteiger partial charge in [0.05, 0.1) is 0 Å². The lowest BCUT2D eigenvalue weighted by Gasteiger charge is -2.20. The van der Waals surface area contributed by atoms with Crippen molar-refractivity contribution < 1.29 is 4.39 Å². The van der Waals surface area contributed by atoms with Crippen LogP contribution in [0.15, 0.2) is 18.2 Å². The van der Waals surface area contributed by atoms with Gasteiger partial charge in [-0.1, -0.05) is 11.6 Å². The van der Waals surface area contributed by atoms with Gasteiger partial charge in [0.1, 0.15) is 5.82 Å². The van der Waals surface area contributed by atoms with Crippen molar-refractivity contribution in [3.8, 4) is 0 Å². The van der Waals surface area contributed by atoms with E-state index in [1.807, 2.05) is 0 Å². The van der Waals surface area contributed by atoms with E-state index in [4.69, 9.17) is 11.6 Å². The van der Waals surface area contributed by atoms with Gasteiger partial charge in [-0.2, -0.15) is 0 Å². The molecule has 0 saturated heterocycles. The van der Waals surface area contributed by atoms with Crippen LogP contribution in [0.2, 0.25) is 5.02 Å². The molecular formula is C14H22ClFN2. The maximum atomic E-state index is 13.4. The summed E-state index contributed by atoms with van der Waals surface area (Å²) in [7, 11) is 0. The van der Waals surface area contributed by atoms with Crippen molar-refractivity contribution in [3.05, 3.63) is 34.6 Å². The lowest BCUT2D eigenvalue weighted by Crippen LogP contribution is -2.37. The first-order valence-corrected chi connectivity index (χ1v) is 6.66. The second kappa shape index (κ2) is 7.07. The zero-order valence-corrected chi connectivity index (χ0v) is 12.1. The molecular weight excluding hydrogens is 251 g/mol. The van der Waals surface area contributed by atoms with Crippen LogP contribution in [0.3, 0.4) is 0 Å². The maximum absolute atomic E-state index is 13.4. The van der Waals surface area contributed by atoms with Crippen LogP contribution in [-0.2, 0) is 6.54 Å². The van der Waals surface area contributed by atoms with Gasteiger partial charge in [0.15, 0.2) is 0 Å². The molecule has 0 saturated carbocycles. The highest BCUT2D eigenvalue weighted by Crippen LogP contribution is 2.14. The summed E-state index contributed by atoms with van der Waals surface area (Å²) in [5.41, 5.74) is 0.769. The lowest BCUT2D eigenvalue weighted by atomic mass is 10.1. The highest BCUT2D eigenvalue weighted by Gasteiger charge is 2.07. The van der Waals surface area contributed by atoms with Crippen molar-refractivity contribution in [3.63, 3.8) is 0 Å². The molecule has 0 fully saturated rings. The Morgan fingerprint density at radius 1 is 1.22 bits per heavy atom. The van der Waals surface area contributed by atoms with E-state index in [1.165, 1.54) is 6.07 Å². The van der Waals surface area contributed by atoms with Gasteiger partial charge in [0.25, 0.3) is 0 Å². The van der Waals surface area contributed by atoms with Crippen LogP contribution >= 0.6 is 11.6 Å². The summed E-state index contributed by atoms with van der Waals surface area (Å²) in [6.07, 6.45) is 1.01. The van der Waals surface area contributed by atoms with E-state index in [2.05, 4.69) is 31.4 Å². The second-order valence-electron chi connectivity index (χ2n) is 5.44. The molecule has 0 aromatic heterocycles. The largest absolute Gasteiger partial charge is 0.313 e. The Balaban J connectivity index is 2.20. The van der Waals surface area contributed by atoms with Gasteiger partial charge in [-0.25, -0.2) is 4.39 Å². The molecule has 1 aromatic rings. The van der Waals surface area contributed by atoms with Gasteiger partial charge >= 0.3 is 0 Å². The molecule has 0 atom stereocenters. The molecule has 102 valence electrons. The topological polar surface area (TPSA) is 24.1 Å². The molecule has 0 spiro atoms. The first-order valence-electron chi connectivity index (χ1n) is 6.28. The first kappa shape index (κ1) is 15.4. The van der Waals surface area contributed by atoms with Crippen LogP contribution in [0.4, 0.5) is 4.39 Å². The molecule has 1 aromatic carbocycles. The molecule has 0 heterocycles. The van der Waals surface area contributed by atoms with E-state index < -0.39 is 0 Å². The zero-order valence-electron chi connectivity index (χ0n) is 11.3. The highest BCUT2D eigenvalue weighted by atomic mass is 35.5. The molecule has 2 N–H and O–H groups in total. The molecule has 0 unspecified atom stereocenters. The monoisotopic (exact) mass is 272 g/mol. The van der Waals surface area contributed by atoms with Gasteiger partial charge in [-0.15, -0.1) is 0 Å². The predicted octanol–water partition coefficient (Wildman–Crippen LogP) is 3.35. The third-order valence-electron chi connectivity index (χ3n) is 2.51. The molecule has 2 nitrogen and oxygen atoms in total. The summed E-state index contributed by atoms with van der Waals surface area (Å²) in [5.74, 6) is -0.209. The molecule has 0 radical (unpaired) electrons. The number of rotatable bonds is 6. The minimum Gasteiger partial charge on any atom is -0.313 e. The van der Waals surface area contributed by atoms with Crippen LogP contribution in [0.25, 0.3) is 0 Å². The summed E-state index contributed by atoms with van der Waals surface area (Å²) in [5, 5.41) is 7.20. The Kier molecular flexibility index (Phi) is 6.06. The molecule has 0 bridgehead atoms. The third kappa shape index (κ3) is 6.34. The Bertz CT molecular complexity index is 375. The average molecular weight is 273 g/mol. The summed E-state index contributed by atoms with van der Waals surface area (Å²) >= 11 is 5.83. The molecule has 0 aliphatic rings. The van der Waals surface area contributed by atoms with Crippen LogP contribution in [0, 0.1) is 5.82 Å². The molecule has 18 heavy (non-hydrogen) atoms. The third-order valence-corrected chi connectivity index (χ3v) is 2.74. The first-order chi connectivity index (χ1) is 8.38. The fraction of sp³-hybridized carbons (Fsp3) is 0.571. The molecule has 0 aliphatic carbocycles. The van der Waals surface area contributed by atoms with Crippen LogP contribution < -0.4 is 10.6 Å². The summed E-state index contributed by atoms with van der Waals surface area (Å²) < 4.78 is 13.4. The van der Waals surface area contributed by atoms with E-state index in [-0.39, 0.29) is 11.4 Å². The Hall–Kier alpha value is -0.640. The fourth-order valence-corrected chi connectivity index (χ4v) is 1.77. The fourth-order valence-electron chi connectivity index (χ4n) is 1.58. The van der Waals surface area contributed by atoms with Gasteiger partial charge in [0, 0.05) is 22.7 Å². The number of hydrogen-bond acceptors (Lipinski definition) is 2. The molecule has 0 aliphatic heterocycles. The van der Waals surface area contributed by atoms with E-state index in [1.54, 1.807) is 12.1 Å². The minimum absolute atomic E-state index is 0.152. The average Bonchev–Trinajstić information content (AvgIpc) is 2.26. The van der Waals surface area contributed by atoms with Crippen molar-refractivity contribution in [1.29, 1.82) is 0 Å². The minimum atomic E-state index is -0.209. The summed E-state index contributed by atoms with van der Waals surface area (Å²) in [6, 6.07) is 4.63. The Morgan fingerprint density at radius 3 is 2.61 bits per heavy atom. The maximum Gasteiger partial charge on any atom is 0.127 e. The summed E-state index contributed by atoms with van der Waals surface area (Å²) in [4.78, 5) is 0. The van der Waals surface area contributed by atoms with Gasteiger partial charge in [-0.05, 0) is 58.5 Å². The van der Waals surface area contributed by atoms with Crippen molar-refractivity contribution in [2.75, 3.05) is 13.1 Å². The standard InChI is InChI=1S/C14H22ClFN2/c1-14(2,3)18-8-4-7-17-10-11-9-12(15)5-6-13(11)16/h5-6,9,17-18H,4,7-8,10H2,1-3H3. The number of benzene rings is 1. The van der Waals surface area contributed by atoms with Crippen LogP contribution in [0.5, 0.6) is 0 Å². The molecule has 4 heteroatoms. The van der Waals surface area contributed by atoms with Crippen LogP contribution in [-0.4, -0.2) is 18.6 Å².